The highest BCUT2D eigenvalue weighted by atomic mass is 19.1. The highest BCUT2D eigenvalue weighted by molar-refractivity contribution is 5.71. The Balaban J connectivity index is 2.92. The van der Waals surface area contributed by atoms with Gasteiger partial charge in [0.15, 0.2) is 11.6 Å². The molecule has 0 saturated heterocycles. The second-order valence-electron chi connectivity index (χ2n) is 3.80. The molecule has 17 heavy (non-hydrogen) atoms. The van der Waals surface area contributed by atoms with Crippen LogP contribution in [0.5, 0.6) is 0 Å². The van der Waals surface area contributed by atoms with Gasteiger partial charge in [-0.05, 0) is 13.8 Å². The van der Waals surface area contributed by atoms with Crippen LogP contribution in [0, 0.1) is 23.4 Å². The van der Waals surface area contributed by atoms with Crippen molar-refractivity contribution >= 4 is 11.7 Å². The Morgan fingerprint density at radius 2 is 1.71 bits per heavy atom. The first-order valence-electron chi connectivity index (χ1n) is 4.96. The van der Waals surface area contributed by atoms with E-state index in [1.54, 1.807) is 0 Å². The lowest BCUT2D eigenvalue weighted by atomic mass is 10.0. The smallest absolute Gasteiger partial charge is 0.308 e. The van der Waals surface area contributed by atoms with Crippen molar-refractivity contribution < 1.29 is 23.1 Å². The molecule has 0 saturated carbocycles. The Morgan fingerprint density at radius 3 is 2.12 bits per heavy atom. The Bertz CT molecular complexity index is 414. The SMILES string of the molecule is CC(Nc1c(F)cc(F)cc1F)C(C)C(=O)O. The number of halogens is 3. The number of benzene rings is 1. The van der Waals surface area contributed by atoms with Crippen molar-refractivity contribution in [1.29, 1.82) is 0 Å². The van der Waals surface area contributed by atoms with Crippen molar-refractivity contribution in [3.8, 4) is 0 Å². The molecule has 0 aliphatic rings. The van der Waals surface area contributed by atoms with Gasteiger partial charge in [0, 0.05) is 18.2 Å². The van der Waals surface area contributed by atoms with Crippen LogP contribution < -0.4 is 5.32 Å². The monoisotopic (exact) mass is 247 g/mol. The number of hydrogen-bond acceptors (Lipinski definition) is 2. The number of rotatable bonds is 4. The minimum atomic E-state index is -1.09. The number of nitrogens with one attached hydrogen (secondary N) is 1. The number of carbonyl (C=O) groups is 1. The van der Waals surface area contributed by atoms with Crippen LogP contribution in [0.25, 0.3) is 0 Å². The maximum Gasteiger partial charge on any atom is 0.308 e. The molecular formula is C11H12F3NO2. The van der Waals surface area contributed by atoms with Crippen LogP contribution in [0.3, 0.4) is 0 Å². The Kier molecular flexibility index (Phi) is 3.98. The van der Waals surface area contributed by atoms with E-state index in [0.717, 1.165) is 0 Å². The molecule has 0 spiro atoms. The molecule has 3 nitrogen and oxygen atoms in total. The molecule has 1 aromatic rings. The van der Waals surface area contributed by atoms with Crippen molar-refractivity contribution in [3.63, 3.8) is 0 Å². The average molecular weight is 247 g/mol. The van der Waals surface area contributed by atoms with Gasteiger partial charge in [-0.2, -0.15) is 0 Å². The van der Waals surface area contributed by atoms with E-state index in [9.17, 15) is 18.0 Å². The van der Waals surface area contributed by atoms with Crippen molar-refractivity contribution in [3.05, 3.63) is 29.6 Å². The molecule has 0 heterocycles. The summed E-state index contributed by atoms with van der Waals surface area (Å²) in [6.07, 6.45) is 0. The summed E-state index contributed by atoms with van der Waals surface area (Å²) in [6, 6.07) is 0.370. The van der Waals surface area contributed by atoms with Crippen LogP contribution in [0.4, 0.5) is 18.9 Å². The molecule has 2 unspecified atom stereocenters. The second kappa shape index (κ2) is 5.07. The molecule has 0 bridgehead atoms. The summed E-state index contributed by atoms with van der Waals surface area (Å²) >= 11 is 0. The van der Waals surface area contributed by atoms with E-state index < -0.39 is 41.1 Å². The van der Waals surface area contributed by atoms with E-state index in [4.69, 9.17) is 5.11 Å². The van der Waals surface area contributed by atoms with E-state index in [0.29, 0.717) is 12.1 Å². The fourth-order valence-electron chi connectivity index (χ4n) is 1.25. The molecule has 94 valence electrons. The fraction of sp³-hybridized carbons (Fsp3) is 0.364. The van der Waals surface area contributed by atoms with Crippen LogP contribution in [0.2, 0.25) is 0 Å². The Labute approximate surface area is 96.3 Å². The highest BCUT2D eigenvalue weighted by Crippen LogP contribution is 2.22. The van der Waals surface area contributed by atoms with E-state index in [2.05, 4.69) is 5.32 Å². The van der Waals surface area contributed by atoms with Gasteiger partial charge >= 0.3 is 5.97 Å². The van der Waals surface area contributed by atoms with Gasteiger partial charge in [0.05, 0.1) is 5.92 Å². The third-order valence-electron chi connectivity index (χ3n) is 2.52. The van der Waals surface area contributed by atoms with Crippen LogP contribution in [-0.4, -0.2) is 17.1 Å². The summed E-state index contributed by atoms with van der Waals surface area (Å²) in [6.45, 7) is 2.88. The van der Waals surface area contributed by atoms with Gasteiger partial charge in [-0.3, -0.25) is 4.79 Å². The summed E-state index contributed by atoms with van der Waals surface area (Å²) < 4.78 is 39.1. The second-order valence-corrected chi connectivity index (χ2v) is 3.80. The van der Waals surface area contributed by atoms with E-state index in [-0.39, 0.29) is 0 Å². The first kappa shape index (κ1) is 13.3. The molecule has 0 aromatic heterocycles. The minimum absolute atomic E-state index is 0.521. The summed E-state index contributed by atoms with van der Waals surface area (Å²) in [5.74, 6) is -5.13. The largest absolute Gasteiger partial charge is 0.481 e. The fourth-order valence-corrected chi connectivity index (χ4v) is 1.25. The Hall–Kier alpha value is -1.72. The lowest BCUT2D eigenvalue weighted by Gasteiger charge is -2.19. The lowest BCUT2D eigenvalue weighted by Crippen LogP contribution is -2.30. The lowest BCUT2D eigenvalue weighted by molar-refractivity contribution is -0.141. The average Bonchev–Trinajstić information content (AvgIpc) is 2.21. The van der Waals surface area contributed by atoms with Crippen molar-refractivity contribution in [1.82, 2.24) is 0 Å². The zero-order valence-corrected chi connectivity index (χ0v) is 9.30. The number of anilines is 1. The van der Waals surface area contributed by atoms with Crippen LogP contribution in [0.1, 0.15) is 13.8 Å². The normalized spacial score (nSPS) is 14.2. The quantitative estimate of drug-likeness (QED) is 0.859. The van der Waals surface area contributed by atoms with E-state index in [1.165, 1.54) is 13.8 Å². The minimum Gasteiger partial charge on any atom is -0.481 e. The number of carboxylic acids is 1. The first-order valence-corrected chi connectivity index (χ1v) is 4.96. The molecule has 0 aliphatic heterocycles. The summed E-state index contributed by atoms with van der Waals surface area (Å²) in [5, 5.41) is 11.1. The van der Waals surface area contributed by atoms with Crippen molar-refractivity contribution in [2.24, 2.45) is 5.92 Å². The van der Waals surface area contributed by atoms with Gasteiger partial charge in [-0.15, -0.1) is 0 Å². The summed E-state index contributed by atoms with van der Waals surface area (Å²) in [4.78, 5) is 10.7. The van der Waals surface area contributed by atoms with E-state index >= 15 is 0 Å². The zero-order valence-electron chi connectivity index (χ0n) is 9.30. The molecule has 1 rings (SSSR count). The van der Waals surface area contributed by atoms with Gasteiger partial charge < -0.3 is 10.4 Å². The molecule has 2 atom stereocenters. The third kappa shape index (κ3) is 3.12. The maximum atomic E-state index is 13.2. The van der Waals surface area contributed by atoms with Crippen molar-refractivity contribution in [2.75, 3.05) is 5.32 Å². The molecule has 0 fully saturated rings. The molecule has 0 aliphatic carbocycles. The third-order valence-corrected chi connectivity index (χ3v) is 2.52. The molecule has 6 heteroatoms. The standard InChI is InChI=1S/C11H12F3NO2/c1-5(11(16)17)6(2)15-10-8(13)3-7(12)4-9(10)14/h3-6,15H,1-2H3,(H,16,17). The predicted octanol–water partition coefficient (Wildman–Crippen LogP) is 2.62. The Morgan fingerprint density at radius 1 is 1.24 bits per heavy atom. The zero-order chi connectivity index (χ0) is 13.2. The van der Waals surface area contributed by atoms with Gasteiger partial charge in [-0.1, -0.05) is 0 Å². The van der Waals surface area contributed by atoms with Crippen LogP contribution in [0.15, 0.2) is 12.1 Å². The maximum absolute atomic E-state index is 13.2. The molecule has 1 aromatic carbocycles. The topological polar surface area (TPSA) is 49.3 Å². The molecule has 0 radical (unpaired) electrons. The first-order chi connectivity index (χ1) is 7.82. The van der Waals surface area contributed by atoms with Gasteiger partial charge in [0.2, 0.25) is 0 Å². The number of hydrogen-bond donors (Lipinski definition) is 2. The van der Waals surface area contributed by atoms with Gasteiger partial charge in [0.25, 0.3) is 0 Å². The molecule has 0 amide bonds. The summed E-state index contributed by atoms with van der Waals surface area (Å²) in [7, 11) is 0. The van der Waals surface area contributed by atoms with Gasteiger partial charge in [-0.25, -0.2) is 13.2 Å². The van der Waals surface area contributed by atoms with Gasteiger partial charge in [0.1, 0.15) is 11.5 Å². The molecule has 2 N–H and O–H groups in total. The summed E-state index contributed by atoms with van der Waals surface area (Å²) in [5.41, 5.74) is -0.521. The van der Waals surface area contributed by atoms with Crippen molar-refractivity contribution in [2.45, 2.75) is 19.9 Å². The number of carboxylic acid groups (broad SMARTS) is 1. The highest BCUT2D eigenvalue weighted by Gasteiger charge is 2.22. The van der Waals surface area contributed by atoms with Crippen LogP contribution in [-0.2, 0) is 4.79 Å². The molecular weight excluding hydrogens is 235 g/mol. The number of aliphatic carboxylic acids is 1. The predicted molar refractivity (Wildman–Crippen MR) is 56.2 cm³/mol. The van der Waals surface area contributed by atoms with E-state index in [1.807, 2.05) is 0 Å². The van der Waals surface area contributed by atoms with Crippen LogP contribution >= 0.6 is 0 Å².